The Kier molecular flexibility index (Phi) is 4.72. The number of rotatable bonds is 4. The van der Waals surface area contributed by atoms with E-state index in [0.29, 0.717) is 0 Å². The molecule has 86 valence electrons. The third-order valence-corrected chi connectivity index (χ3v) is 2.49. The van der Waals surface area contributed by atoms with Crippen LogP contribution in [-0.4, -0.2) is 5.71 Å². The Balaban J connectivity index is 3.09. The van der Waals surface area contributed by atoms with Gasteiger partial charge in [0.25, 0.3) is 0 Å². The van der Waals surface area contributed by atoms with E-state index in [9.17, 15) is 0 Å². The van der Waals surface area contributed by atoms with Gasteiger partial charge in [-0.2, -0.15) is 15.6 Å². The van der Waals surface area contributed by atoms with E-state index in [1.54, 1.807) is 12.1 Å². The van der Waals surface area contributed by atoms with Gasteiger partial charge in [0.1, 0.15) is 12.1 Å². The van der Waals surface area contributed by atoms with E-state index in [2.05, 4.69) is 24.4 Å². The predicted molar refractivity (Wildman–Crippen MR) is 67.5 cm³/mol. The standard InChI is InChI=1S/C13H14N4/c1-3-10-6-5-7-11(4-2)13(10)17-16-12(8-14)9-15/h5-7,17H,3-4H2,1-2H3. The highest BCUT2D eigenvalue weighted by atomic mass is 15.3. The van der Waals surface area contributed by atoms with Gasteiger partial charge in [0.05, 0.1) is 5.69 Å². The van der Waals surface area contributed by atoms with Crippen molar-refractivity contribution >= 4 is 11.4 Å². The molecule has 0 fully saturated rings. The average Bonchev–Trinajstić information content (AvgIpc) is 2.39. The Labute approximate surface area is 101 Å². The zero-order valence-corrected chi connectivity index (χ0v) is 9.99. The molecule has 0 unspecified atom stereocenters. The van der Waals surface area contributed by atoms with Crippen molar-refractivity contribution in [2.45, 2.75) is 26.7 Å². The number of nitrogens with zero attached hydrogens (tertiary/aromatic N) is 3. The van der Waals surface area contributed by atoms with Gasteiger partial charge in [-0.25, -0.2) is 0 Å². The summed E-state index contributed by atoms with van der Waals surface area (Å²) in [6, 6.07) is 9.47. The monoisotopic (exact) mass is 226 g/mol. The molecule has 1 N–H and O–H groups in total. The molecule has 1 aromatic carbocycles. The Bertz CT molecular complexity index is 465. The molecule has 17 heavy (non-hydrogen) atoms. The van der Waals surface area contributed by atoms with Gasteiger partial charge in [-0.15, -0.1) is 0 Å². The van der Waals surface area contributed by atoms with E-state index in [-0.39, 0.29) is 5.71 Å². The maximum Gasteiger partial charge on any atom is 0.237 e. The summed E-state index contributed by atoms with van der Waals surface area (Å²) in [5.74, 6) is 0. The first-order valence-corrected chi connectivity index (χ1v) is 5.51. The van der Waals surface area contributed by atoms with Gasteiger partial charge in [0.2, 0.25) is 5.71 Å². The molecule has 0 bridgehead atoms. The van der Waals surface area contributed by atoms with E-state index >= 15 is 0 Å². The van der Waals surface area contributed by atoms with Crippen molar-refractivity contribution in [3.05, 3.63) is 29.3 Å². The zero-order chi connectivity index (χ0) is 12.7. The molecule has 1 rings (SSSR count). The van der Waals surface area contributed by atoms with E-state index in [1.165, 1.54) is 0 Å². The highest BCUT2D eigenvalue weighted by Gasteiger charge is 2.05. The minimum absolute atomic E-state index is 0.169. The lowest BCUT2D eigenvalue weighted by atomic mass is 10.0. The van der Waals surface area contributed by atoms with Crippen LogP contribution in [0, 0.1) is 22.7 Å². The fraction of sp³-hybridized carbons (Fsp3) is 0.308. The summed E-state index contributed by atoms with van der Waals surface area (Å²) in [4.78, 5) is 0. The van der Waals surface area contributed by atoms with Crippen LogP contribution in [0.2, 0.25) is 0 Å². The number of nitrogens with one attached hydrogen (secondary N) is 1. The number of nitriles is 2. The van der Waals surface area contributed by atoms with Gasteiger partial charge in [-0.05, 0) is 24.0 Å². The van der Waals surface area contributed by atoms with Crippen molar-refractivity contribution in [3.63, 3.8) is 0 Å². The Hall–Kier alpha value is -2.33. The smallest absolute Gasteiger partial charge is 0.237 e. The first-order valence-electron chi connectivity index (χ1n) is 5.51. The largest absolute Gasteiger partial charge is 0.276 e. The topological polar surface area (TPSA) is 72.0 Å². The van der Waals surface area contributed by atoms with E-state index in [1.807, 2.05) is 18.2 Å². The van der Waals surface area contributed by atoms with E-state index < -0.39 is 0 Å². The number of hydrogen-bond donors (Lipinski definition) is 1. The Morgan fingerprint density at radius 2 is 1.71 bits per heavy atom. The minimum atomic E-state index is -0.169. The van der Waals surface area contributed by atoms with Crippen molar-refractivity contribution in [1.29, 1.82) is 10.5 Å². The molecule has 0 radical (unpaired) electrons. The van der Waals surface area contributed by atoms with Crippen molar-refractivity contribution in [3.8, 4) is 12.1 Å². The Morgan fingerprint density at radius 3 is 2.12 bits per heavy atom. The Morgan fingerprint density at radius 1 is 1.18 bits per heavy atom. The van der Waals surface area contributed by atoms with Crippen molar-refractivity contribution in [2.75, 3.05) is 5.43 Å². The van der Waals surface area contributed by atoms with Crippen LogP contribution >= 0.6 is 0 Å². The first-order chi connectivity index (χ1) is 8.26. The van der Waals surface area contributed by atoms with E-state index in [0.717, 1.165) is 29.7 Å². The van der Waals surface area contributed by atoms with Crippen LogP contribution in [0.3, 0.4) is 0 Å². The summed E-state index contributed by atoms with van der Waals surface area (Å²) >= 11 is 0. The lowest BCUT2D eigenvalue weighted by molar-refractivity contribution is 1.07. The molecular weight excluding hydrogens is 212 g/mol. The number of anilines is 1. The van der Waals surface area contributed by atoms with Gasteiger partial charge in [-0.3, -0.25) is 5.43 Å². The molecule has 0 aromatic heterocycles. The van der Waals surface area contributed by atoms with Gasteiger partial charge in [0, 0.05) is 0 Å². The second-order valence-corrected chi connectivity index (χ2v) is 3.45. The van der Waals surface area contributed by atoms with Gasteiger partial charge < -0.3 is 0 Å². The summed E-state index contributed by atoms with van der Waals surface area (Å²) in [5.41, 5.74) is 5.82. The number of benzene rings is 1. The molecule has 1 aromatic rings. The number of hydrogen-bond acceptors (Lipinski definition) is 4. The van der Waals surface area contributed by atoms with Crippen LogP contribution < -0.4 is 5.43 Å². The normalized spacial score (nSPS) is 8.94. The molecule has 0 aliphatic rings. The molecule has 0 aliphatic heterocycles. The third-order valence-electron chi connectivity index (χ3n) is 2.49. The molecule has 0 amide bonds. The predicted octanol–water partition coefficient (Wildman–Crippen LogP) is 2.63. The van der Waals surface area contributed by atoms with Crippen LogP contribution in [0.25, 0.3) is 0 Å². The lowest BCUT2D eigenvalue weighted by Gasteiger charge is -2.11. The highest BCUT2D eigenvalue weighted by Crippen LogP contribution is 2.22. The van der Waals surface area contributed by atoms with Crippen molar-refractivity contribution in [2.24, 2.45) is 5.10 Å². The summed E-state index contributed by atoms with van der Waals surface area (Å²) < 4.78 is 0. The number of hydrazone groups is 1. The van der Waals surface area contributed by atoms with Crippen LogP contribution in [0.5, 0.6) is 0 Å². The third kappa shape index (κ3) is 3.06. The fourth-order valence-corrected chi connectivity index (χ4v) is 1.57. The summed E-state index contributed by atoms with van der Waals surface area (Å²) in [7, 11) is 0. The lowest BCUT2D eigenvalue weighted by Crippen LogP contribution is -2.02. The molecule has 0 spiro atoms. The zero-order valence-electron chi connectivity index (χ0n) is 9.99. The van der Waals surface area contributed by atoms with Gasteiger partial charge in [-0.1, -0.05) is 32.0 Å². The average molecular weight is 226 g/mol. The molecule has 4 heteroatoms. The summed E-state index contributed by atoms with van der Waals surface area (Å²) in [6.07, 6.45) is 1.75. The highest BCUT2D eigenvalue weighted by molar-refractivity contribution is 6.10. The molecular formula is C13H14N4. The van der Waals surface area contributed by atoms with Crippen molar-refractivity contribution < 1.29 is 0 Å². The van der Waals surface area contributed by atoms with Crippen LogP contribution in [0.15, 0.2) is 23.3 Å². The maximum atomic E-state index is 8.61. The molecule has 0 saturated carbocycles. The van der Waals surface area contributed by atoms with Gasteiger partial charge >= 0.3 is 0 Å². The first kappa shape index (κ1) is 12.7. The van der Waals surface area contributed by atoms with E-state index in [4.69, 9.17) is 10.5 Å². The minimum Gasteiger partial charge on any atom is -0.276 e. The molecule has 0 saturated heterocycles. The number of para-hydroxylation sites is 1. The molecule has 0 heterocycles. The number of aryl methyl sites for hydroxylation is 2. The second kappa shape index (κ2) is 6.30. The summed E-state index contributed by atoms with van der Waals surface area (Å²) in [6.45, 7) is 4.11. The van der Waals surface area contributed by atoms with Crippen molar-refractivity contribution in [1.82, 2.24) is 0 Å². The quantitative estimate of drug-likeness (QED) is 0.633. The second-order valence-electron chi connectivity index (χ2n) is 3.45. The summed E-state index contributed by atoms with van der Waals surface area (Å²) in [5, 5.41) is 21.0. The van der Waals surface area contributed by atoms with Crippen LogP contribution in [0.4, 0.5) is 5.69 Å². The molecule has 0 atom stereocenters. The SMILES string of the molecule is CCc1cccc(CC)c1NN=C(C#N)C#N. The molecule has 0 aliphatic carbocycles. The van der Waals surface area contributed by atoms with Crippen LogP contribution in [-0.2, 0) is 12.8 Å². The molecule has 4 nitrogen and oxygen atoms in total. The van der Waals surface area contributed by atoms with Crippen LogP contribution in [0.1, 0.15) is 25.0 Å². The van der Waals surface area contributed by atoms with Gasteiger partial charge in [0.15, 0.2) is 0 Å². The fourth-order valence-electron chi connectivity index (χ4n) is 1.57. The maximum absolute atomic E-state index is 8.61.